The molecule has 20 N–H and O–H groups in total. The van der Waals surface area contributed by atoms with E-state index in [9.17, 15) is 127 Å². The highest BCUT2D eigenvalue weighted by atomic mass is 16.4. The van der Waals surface area contributed by atoms with Crippen LogP contribution < -0.4 is 74.4 Å². The molecule has 3 aromatic rings. The number of aryl methyl sites for hydroxylation is 3. The highest BCUT2D eigenvalue weighted by molar-refractivity contribution is 6.01. The number of amides is 14. The predicted molar refractivity (Wildman–Crippen MR) is 553 cm³/mol. The molecule has 43 nitrogen and oxygen atoms in total. The number of carboxylic acid groups (broad SMARTS) is 3. The van der Waals surface area contributed by atoms with E-state index in [-0.39, 0.29) is 75.3 Å². The number of ketones is 3. The molecule has 0 bridgehead atoms. The maximum atomic E-state index is 14.1. The second-order valence-electron chi connectivity index (χ2n) is 44.3. The van der Waals surface area contributed by atoms with Gasteiger partial charge in [-0.15, -0.1) is 0 Å². The normalized spacial score (nSPS) is 27.1. The number of rotatable bonds is 23. The zero-order valence-electron chi connectivity index (χ0n) is 89.9. The van der Waals surface area contributed by atoms with Crippen LogP contribution in [-0.2, 0) is 115 Å². The number of aliphatic hydroxyl groups excluding tert-OH is 3. The Kier molecular flexibility index (Phi) is 47.7. The van der Waals surface area contributed by atoms with Crippen LogP contribution in [0.1, 0.15) is 240 Å². The monoisotopic (exact) mass is 2100 g/mol. The molecule has 150 heavy (non-hydrogen) atoms. The molecule has 9 rings (SSSR count). The number of nitrogens with one attached hydrogen (secondary N) is 14. The standard InChI is InChI=1S/2C37H56N6O9.C33H49N5O8/c2*1-20(2)15-25-29(45)17-24(18-30(46)47)32(48)41-31(22(4)44)36(52)38-19-28(35(51)42-37(5,6)7)43-14-8-9-27(43)34(50)40-26(33(49)39-25)16-23-12-10-21(3)11-13-23;1-18(2)13-24-27(40)15-23(16-28(41)42)30(43)37-29(21(5)39)33(46)34-20(4)17-38-12-6-7-26(38)32(45)36-25(31(44)35-24)14-22-10-8-19(3)9-11-22/h2*10-13,20,22,24-28,31,44H,8-9,14-19H2,1-7H3,(H,38,52)(H,39,49)(H,40,50)(H,41,48)(H,42,51)(H,46,47);8-11,18,20-21,23-26,29,39H,6-7,12-17H2,1-5H3,(H,34,46)(H,35,44)(H,36,45)(H,37,43)(H,41,42)/t22-,24+,25+,26+,27+,28+,31+;22-,24+,25+,26+,27+,28-,31+;20-,21+,23-,24-,25-,26-,29-/m110/s1. The molecule has 14 amide bonds. The van der Waals surface area contributed by atoms with Crippen LogP contribution in [0.25, 0.3) is 0 Å². The van der Waals surface area contributed by atoms with E-state index in [1.165, 1.54) is 20.8 Å². The van der Waals surface area contributed by atoms with Crippen LogP contribution in [0.4, 0.5) is 0 Å². The van der Waals surface area contributed by atoms with Crippen LogP contribution in [-0.4, -0.2) is 323 Å². The summed E-state index contributed by atoms with van der Waals surface area (Å²) in [6.07, 6.45) is -4.13. The second-order valence-corrected chi connectivity index (χ2v) is 44.3. The first-order chi connectivity index (χ1) is 70.1. The van der Waals surface area contributed by atoms with E-state index < -0.39 is 288 Å². The van der Waals surface area contributed by atoms with E-state index in [0.717, 1.165) is 39.8 Å². The van der Waals surface area contributed by atoms with Gasteiger partial charge in [-0.3, -0.25) is 111 Å². The van der Waals surface area contributed by atoms with Gasteiger partial charge in [0, 0.05) is 75.3 Å². The average Bonchev–Trinajstić information content (AvgIpc) is 1.64. The Morgan fingerprint density at radius 2 is 0.613 bits per heavy atom. The van der Waals surface area contributed by atoms with Crippen molar-refractivity contribution in [2.24, 2.45) is 35.5 Å². The molecule has 830 valence electrons. The van der Waals surface area contributed by atoms with Crippen LogP contribution >= 0.6 is 0 Å². The molecule has 0 saturated carbocycles. The van der Waals surface area contributed by atoms with Gasteiger partial charge in [0.25, 0.3) is 0 Å². The van der Waals surface area contributed by atoms with Gasteiger partial charge in [0.05, 0.1) is 91.6 Å². The van der Waals surface area contributed by atoms with Gasteiger partial charge in [0.1, 0.15) is 48.3 Å². The number of aliphatic hydroxyl groups is 3. The van der Waals surface area contributed by atoms with Crippen LogP contribution in [0.2, 0.25) is 0 Å². The summed E-state index contributed by atoms with van der Waals surface area (Å²) in [5.74, 6) is -19.6. The summed E-state index contributed by atoms with van der Waals surface area (Å²) in [5.41, 5.74) is 4.01. The van der Waals surface area contributed by atoms with Crippen LogP contribution in [0.3, 0.4) is 0 Å². The van der Waals surface area contributed by atoms with Crippen LogP contribution in [0.5, 0.6) is 0 Å². The molecule has 6 saturated heterocycles. The fraction of sp³-hybridized carbons (Fsp3) is 0.645. The van der Waals surface area contributed by atoms with Crippen molar-refractivity contribution in [3.8, 4) is 0 Å². The number of Topliss-reactive ketones (excluding diaryl/α,β-unsaturated/α-hetero) is 3. The molecule has 3 aromatic carbocycles. The van der Waals surface area contributed by atoms with Crippen molar-refractivity contribution in [3.63, 3.8) is 0 Å². The van der Waals surface area contributed by atoms with E-state index in [1.54, 1.807) is 58.3 Å². The number of aliphatic carboxylic acids is 3. The zero-order valence-corrected chi connectivity index (χ0v) is 89.9. The Labute approximate surface area is 877 Å². The van der Waals surface area contributed by atoms with E-state index >= 15 is 0 Å². The molecule has 6 fully saturated rings. The molecule has 43 heteroatoms. The highest BCUT2D eigenvalue weighted by Crippen LogP contribution is 2.29. The molecular weight excluding hydrogens is 1940 g/mol. The lowest BCUT2D eigenvalue weighted by Crippen LogP contribution is -2.62. The molecule has 0 radical (unpaired) electrons. The minimum atomic E-state index is -1.56. The number of benzene rings is 3. The number of carbonyl (C=O) groups excluding carboxylic acids is 17. The molecule has 6 aliphatic heterocycles. The third-order valence-electron chi connectivity index (χ3n) is 26.8. The van der Waals surface area contributed by atoms with Crippen molar-refractivity contribution >= 4 is 118 Å². The third-order valence-corrected chi connectivity index (χ3v) is 26.8. The number of carboxylic acids is 3. The van der Waals surface area contributed by atoms with Crippen molar-refractivity contribution in [2.75, 3.05) is 39.3 Å². The first kappa shape index (κ1) is 124. The largest absolute Gasteiger partial charge is 0.481 e. The maximum absolute atomic E-state index is 14.1. The molecule has 6 aliphatic rings. The predicted octanol–water partition coefficient (Wildman–Crippen LogP) is 1.14. The van der Waals surface area contributed by atoms with Gasteiger partial charge in [-0.2, -0.15) is 0 Å². The van der Waals surface area contributed by atoms with Gasteiger partial charge < -0.3 is 105 Å². The van der Waals surface area contributed by atoms with Gasteiger partial charge in [0.15, 0.2) is 17.3 Å². The van der Waals surface area contributed by atoms with E-state index in [1.807, 2.05) is 140 Å². The first-order valence-corrected chi connectivity index (χ1v) is 52.1. The minimum absolute atomic E-state index is 0.0543. The Morgan fingerprint density at radius 1 is 0.347 bits per heavy atom. The van der Waals surface area contributed by atoms with Gasteiger partial charge in [-0.05, 0) is 202 Å². The maximum Gasteiger partial charge on any atom is 0.304 e. The Morgan fingerprint density at radius 3 is 0.887 bits per heavy atom. The van der Waals surface area contributed by atoms with Crippen molar-refractivity contribution < 1.29 is 127 Å². The number of nitrogens with zero attached hydrogens (tertiary/aromatic N) is 3. The van der Waals surface area contributed by atoms with Crippen molar-refractivity contribution in [2.45, 2.75) is 367 Å². The topological polar surface area (TPSA) is 641 Å². The van der Waals surface area contributed by atoms with Crippen molar-refractivity contribution in [1.82, 2.24) is 89.1 Å². The zero-order chi connectivity index (χ0) is 112. The average molecular weight is 2100 g/mol. The summed E-state index contributed by atoms with van der Waals surface area (Å²) in [5, 5.41) is 98.3. The summed E-state index contributed by atoms with van der Waals surface area (Å²) in [7, 11) is 0. The number of carbonyl (C=O) groups is 20. The van der Waals surface area contributed by atoms with Crippen molar-refractivity contribution in [1.29, 1.82) is 0 Å². The molecular formula is C107H161N17O26. The van der Waals surface area contributed by atoms with Crippen LogP contribution in [0, 0.1) is 56.3 Å². The molecule has 0 aliphatic carbocycles. The smallest absolute Gasteiger partial charge is 0.304 e. The lowest BCUT2D eigenvalue weighted by atomic mass is 9.90. The fourth-order valence-electron chi connectivity index (χ4n) is 19.1. The summed E-state index contributed by atoms with van der Waals surface area (Å²) in [4.78, 5) is 274. The van der Waals surface area contributed by atoms with Crippen LogP contribution in [0.15, 0.2) is 72.8 Å². The summed E-state index contributed by atoms with van der Waals surface area (Å²) in [6, 6.07) is 6.45. The van der Waals surface area contributed by atoms with Gasteiger partial charge >= 0.3 is 17.9 Å². The van der Waals surface area contributed by atoms with Gasteiger partial charge in [0.2, 0.25) is 82.7 Å². The summed E-state index contributed by atoms with van der Waals surface area (Å²) >= 11 is 0. The molecule has 0 spiro atoms. The minimum Gasteiger partial charge on any atom is -0.481 e. The molecule has 0 unspecified atom stereocenters. The third kappa shape index (κ3) is 40.0. The summed E-state index contributed by atoms with van der Waals surface area (Å²) in [6.45, 7) is 34.1. The van der Waals surface area contributed by atoms with Gasteiger partial charge in [-0.25, -0.2) is 0 Å². The van der Waals surface area contributed by atoms with Gasteiger partial charge in [-0.1, -0.05) is 131 Å². The Bertz CT molecular complexity index is 4990. The van der Waals surface area contributed by atoms with E-state index in [0.29, 0.717) is 58.3 Å². The lowest BCUT2D eigenvalue weighted by molar-refractivity contribution is -0.143. The Hall–Kier alpha value is -12.6. The quantitative estimate of drug-likeness (QED) is 0.0633. The summed E-state index contributed by atoms with van der Waals surface area (Å²) < 4.78 is 0. The highest BCUT2D eigenvalue weighted by Gasteiger charge is 2.48. The van der Waals surface area contributed by atoms with E-state index in [2.05, 4.69) is 74.4 Å². The SMILES string of the molecule is Cc1ccc(C[C@@H]2NC(=O)[C@@H]3CCCN3C[C@H](C)NC(=O)[C@H]([C@@H](C)O)NC(=O)[C@H](CC(=O)O)CC(=O)[C@H](CC(C)C)NC2=O)cc1.Cc1ccc(C[C@@H]2NC(=O)[C@@H]3CCCN3[C@@H](C(=O)NC(C)(C)C)CNC(=O)[C@H]([C@@H](C)O)NC(=O)[C@H](CC(=O)O)CC(=O)[C@H](CC(C)C)NC2=O)cc1.Cc1ccc(C[C@@H]2NC(=O)[C@@H]3CCCN3[C@H](C(=O)NC(C)(C)C)CNC(=O)[C@H]([C@@H](C)O)NC(=O)[C@H](CC(=O)O)CC(=O)[C@H](CC(C)C)NC2=O)cc1. The molecule has 21 atom stereocenters. The fourth-order valence-corrected chi connectivity index (χ4v) is 19.1. The molecule has 6 heterocycles. The van der Waals surface area contributed by atoms with E-state index in [4.69, 9.17) is 0 Å². The first-order valence-electron chi connectivity index (χ1n) is 52.1. The van der Waals surface area contributed by atoms with Crippen molar-refractivity contribution in [3.05, 3.63) is 106 Å². The Balaban J connectivity index is 0.000000305. The second kappa shape index (κ2) is 57.6. The number of hydrogen-bond donors (Lipinski definition) is 20. The number of hydrogen-bond acceptors (Lipinski definition) is 26. The lowest BCUT2D eigenvalue weighted by Gasteiger charge is -2.35. The molecule has 0 aromatic heterocycles. The number of fused-ring (bicyclic) bond motifs is 3.